The number of fused-ring (bicyclic) bond motifs is 1. The van der Waals surface area contributed by atoms with Crippen molar-refractivity contribution in [2.75, 3.05) is 19.5 Å². The molecule has 0 aliphatic heterocycles. The molecule has 0 saturated heterocycles. The fourth-order valence-corrected chi connectivity index (χ4v) is 4.17. The predicted octanol–water partition coefficient (Wildman–Crippen LogP) is 4.52. The SMILES string of the molecule is COc1ccc(NC(=O)Cn2c(SCc3ccc(F)cc3)nc3ccncc32)cc1OC. The Morgan fingerprint density at radius 1 is 1.09 bits per heavy atom. The first-order valence-electron chi connectivity index (χ1n) is 9.76. The topological polar surface area (TPSA) is 78.3 Å². The zero-order valence-corrected chi connectivity index (χ0v) is 18.4. The van der Waals surface area contributed by atoms with E-state index in [0.717, 1.165) is 16.6 Å². The highest BCUT2D eigenvalue weighted by Crippen LogP contribution is 2.30. The van der Waals surface area contributed by atoms with Gasteiger partial charge in [0.15, 0.2) is 16.7 Å². The van der Waals surface area contributed by atoms with Crippen LogP contribution < -0.4 is 14.8 Å². The fraction of sp³-hybridized carbons (Fsp3) is 0.174. The zero-order valence-electron chi connectivity index (χ0n) is 17.5. The van der Waals surface area contributed by atoms with E-state index in [2.05, 4.69) is 15.3 Å². The van der Waals surface area contributed by atoms with Gasteiger partial charge in [0.2, 0.25) is 5.91 Å². The van der Waals surface area contributed by atoms with Crippen molar-refractivity contribution in [3.63, 3.8) is 0 Å². The van der Waals surface area contributed by atoms with Gasteiger partial charge in [0.05, 0.1) is 31.4 Å². The smallest absolute Gasteiger partial charge is 0.244 e. The molecule has 2 heterocycles. The van der Waals surface area contributed by atoms with Crippen LogP contribution in [0.5, 0.6) is 11.5 Å². The third-order valence-electron chi connectivity index (χ3n) is 4.77. The lowest BCUT2D eigenvalue weighted by Crippen LogP contribution is -2.19. The molecule has 0 radical (unpaired) electrons. The summed E-state index contributed by atoms with van der Waals surface area (Å²) in [5.41, 5.74) is 3.07. The monoisotopic (exact) mass is 452 g/mol. The lowest BCUT2D eigenvalue weighted by Gasteiger charge is -2.12. The summed E-state index contributed by atoms with van der Waals surface area (Å²) >= 11 is 1.48. The molecule has 4 rings (SSSR count). The molecule has 0 unspecified atom stereocenters. The minimum absolute atomic E-state index is 0.0578. The van der Waals surface area contributed by atoms with Crippen molar-refractivity contribution >= 4 is 34.4 Å². The Morgan fingerprint density at radius 3 is 2.62 bits per heavy atom. The Morgan fingerprint density at radius 2 is 1.88 bits per heavy atom. The van der Waals surface area contributed by atoms with E-state index in [1.807, 2.05) is 4.57 Å². The van der Waals surface area contributed by atoms with E-state index in [1.165, 1.54) is 23.9 Å². The van der Waals surface area contributed by atoms with Crippen LogP contribution in [-0.2, 0) is 17.1 Å². The Hall–Kier alpha value is -3.59. The number of anilines is 1. The number of methoxy groups -OCH3 is 2. The molecule has 0 fully saturated rings. The molecule has 32 heavy (non-hydrogen) atoms. The van der Waals surface area contributed by atoms with E-state index in [-0.39, 0.29) is 18.3 Å². The number of thioether (sulfide) groups is 1. The number of imidazole rings is 1. The molecule has 0 atom stereocenters. The first-order valence-corrected chi connectivity index (χ1v) is 10.8. The summed E-state index contributed by atoms with van der Waals surface area (Å²) in [6, 6.07) is 13.3. The molecule has 2 aromatic heterocycles. The molecule has 164 valence electrons. The first-order chi connectivity index (χ1) is 15.6. The molecule has 0 bridgehead atoms. The van der Waals surface area contributed by atoms with E-state index < -0.39 is 0 Å². The molecule has 4 aromatic rings. The number of nitrogens with zero attached hydrogens (tertiary/aromatic N) is 3. The molecule has 0 spiro atoms. The molecule has 1 amide bonds. The number of amides is 1. The maximum Gasteiger partial charge on any atom is 0.244 e. The third-order valence-corrected chi connectivity index (χ3v) is 5.81. The molecule has 9 heteroatoms. The van der Waals surface area contributed by atoms with E-state index in [1.54, 1.807) is 63.0 Å². The standard InChI is InChI=1S/C23H21FN4O3S/c1-30-20-8-7-17(11-21(20)31-2)26-22(29)13-28-19-12-25-10-9-18(19)27-23(28)32-14-15-3-5-16(24)6-4-15/h3-12H,13-14H2,1-2H3,(H,26,29). The number of hydrogen-bond donors (Lipinski definition) is 1. The number of carbonyl (C=O) groups is 1. The van der Waals surface area contributed by atoms with E-state index >= 15 is 0 Å². The normalized spacial score (nSPS) is 10.8. The number of carbonyl (C=O) groups excluding carboxylic acids is 1. The first kappa shape index (κ1) is 21.6. The van der Waals surface area contributed by atoms with Gasteiger partial charge in [-0.15, -0.1) is 0 Å². The van der Waals surface area contributed by atoms with Crippen LogP contribution in [0.25, 0.3) is 11.0 Å². The summed E-state index contributed by atoms with van der Waals surface area (Å²) in [6.45, 7) is 0.0578. The molecule has 0 saturated carbocycles. The highest BCUT2D eigenvalue weighted by Gasteiger charge is 2.15. The fourth-order valence-electron chi connectivity index (χ4n) is 3.20. The number of rotatable bonds is 8. The molecule has 2 aromatic carbocycles. The third kappa shape index (κ3) is 4.83. The molecule has 7 nitrogen and oxygen atoms in total. The number of hydrogen-bond acceptors (Lipinski definition) is 6. The van der Waals surface area contributed by atoms with Gasteiger partial charge in [-0.25, -0.2) is 9.37 Å². The minimum Gasteiger partial charge on any atom is -0.493 e. The van der Waals surface area contributed by atoms with Gasteiger partial charge in [-0.1, -0.05) is 23.9 Å². The molecule has 0 aliphatic rings. The number of pyridine rings is 1. The highest BCUT2D eigenvalue weighted by molar-refractivity contribution is 7.98. The van der Waals surface area contributed by atoms with Crippen molar-refractivity contribution in [3.8, 4) is 11.5 Å². The number of nitrogens with one attached hydrogen (secondary N) is 1. The number of ether oxygens (including phenoxy) is 2. The van der Waals surface area contributed by atoms with Crippen molar-refractivity contribution < 1.29 is 18.7 Å². The summed E-state index contributed by atoms with van der Waals surface area (Å²) < 4.78 is 25.5. The van der Waals surface area contributed by atoms with E-state index in [4.69, 9.17) is 9.47 Å². The Kier molecular flexibility index (Phi) is 6.55. The lowest BCUT2D eigenvalue weighted by atomic mass is 10.2. The largest absolute Gasteiger partial charge is 0.493 e. The van der Waals surface area contributed by atoms with Crippen LogP contribution in [0.15, 0.2) is 66.1 Å². The van der Waals surface area contributed by atoms with Gasteiger partial charge in [-0.3, -0.25) is 9.78 Å². The van der Waals surface area contributed by atoms with Crippen LogP contribution in [0.3, 0.4) is 0 Å². The van der Waals surface area contributed by atoms with Gasteiger partial charge in [-0.05, 0) is 35.9 Å². The van der Waals surface area contributed by atoms with Crippen LogP contribution in [-0.4, -0.2) is 34.7 Å². The number of benzene rings is 2. The number of aromatic nitrogens is 3. The zero-order chi connectivity index (χ0) is 22.5. The van der Waals surface area contributed by atoms with Gasteiger partial charge in [0, 0.05) is 23.7 Å². The molecular formula is C23H21FN4O3S. The van der Waals surface area contributed by atoms with Crippen molar-refractivity contribution in [3.05, 3.63) is 72.3 Å². The second-order valence-electron chi connectivity index (χ2n) is 6.88. The maximum atomic E-state index is 13.2. The van der Waals surface area contributed by atoms with Crippen LogP contribution >= 0.6 is 11.8 Å². The Labute approximate surface area is 188 Å². The quantitative estimate of drug-likeness (QED) is 0.396. The van der Waals surface area contributed by atoms with Crippen LogP contribution in [0.4, 0.5) is 10.1 Å². The van der Waals surface area contributed by atoms with Crippen LogP contribution in [0.1, 0.15) is 5.56 Å². The average Bonchev–Trinajstić information content (AvgIpc) is 3.15. The Balaban J connectivity index is 1.54. The number of halogens is 1. The Bertz CT molecular complexity index is 1240. The summed E-state index contributed by atoms with van der Waals surface area (Å²) in [5.74, 6) is 1.21. The van der Waals surface area contributed by atoms with Gasteiger partial charge >= 0.3 is 0 Å². The second kappa shape index (κ2) is 9.69. The highest BCUT2D eigenvalue weighted by atomic mass is 32.2. The summed E-state index contributed by atoms with van der Waals surface area (Å²) in [7, 11) is 3.10. The van der Waals surface area contributed by atoms with E-state index in [0.29, 0.717) is 28.1 Å². The van der Waals surface area contributed by atoms with Gasteiger partial charge < -0.3 is 19.4 Å². The van der Waals surface area contributed by atoms with Gasteiger partial charge in [0.25, 0.3) is 0 Å². The van der Waals surface area contributed by atoms with Crippen LogP contribution in [0.2, 0.25) is 0 Å². The van der Waals surface area contributed by atoms with Crippen molar-refractivity contribution in [2.45, 2.75) is 17.5 Å². The van der Waals surface area contributed by atoms with Gasteiger partial charge in [-0.2, -0.15) is 0 Å². The van der Waals surface area contributed by atoms with Crippen molar-refractivity contribution in [2.24, 2.45) is 0 Å². The summed E-state index contributed by atoms with van der Waals surface area (Å²) in [4.78, 5) is 21.7. The lowest BCUT2D eigenvalue weighted by molar-refractivity contribution is -0.116. The summed E-state index contributed by atoms with van der Waals surface area (Å²) in [6.07, 6.45) is 3.35. The summed E-state index contributed by atoms with van der Waals surface area (Å²) in [5, 5.41) is 3.56. The van der Waals surface area contributed by atoms with Crippen molar-refractivity contribution in [1.29, 1.82) is 0 Å². The second-order valence-corrected chi connectivity index (χ2v) is 7.82. The molecule has 1 N–H and O–H groups in total. The van der Waals surface area contributed by atoms with Gasteiger partial charge in [0.1, 0.15) is 12.4 Å². The molecule has 0 aliphatic carbocycles. The van der Waals surface area contributed by atoms with Crippen molar-refractivity contribution in [1.82, 2.24) is 14.5 Å². The average molecular weight is 453 g/mol. The van der Waals surface area contributed by atoms with E-state index in [9.17, 15) is 9.18 Å². The molecular weight excluding hydrogens is 431 g/mol. The minimum atomic E-state index is -0.274. The maximum absolute atomic E-state index is 13.2. The van der Waals surface area contributed by atoms with Crippen LogP contribution in [0, 0.1) is 5.82 Å². The predicted molar refractivity (Wildman–Crippen MR) is 122 cm³/mol.